The van der Waals surface area contributed by atoms with Crippen molar-refractivity contribution in [2.75, 3.05) is 0 Å². The van der Waals surface area contributed by atoms with Crippen molar-refractivity contribution in [1.29, 1.82) is 0 Å². The van der Waals surface area contributed by atoms with Crippen molar-refractivity contribution in [2.45, 2.75) is 32.1 Å². The Balaban J connectivity index is 2.03. The van der Waals surface area contributed by atoms with E-state index in [9.17, 15) is 9.90 Å². The van der Waals surface area contributed by atoms with E-state index in [2.05, 4.69) is 0 Å². The normalized spacial score (nSPS) is 54.8. The molecule has 4 rings (SSSR count). The molecule has 2 unspecified atom stereocenters. The highest BCUT2D eigenvalue weighted by Crippen LogP contribution is 2.65. The molecule has 0 radical (unpaired) electrons. The molecule has 0 spiro atoms. The first-order valence-electron chi connectivity index (χ1n) is 4.94. The van der Waals surface area contributed by atoms with Gasteiger partial charge in [0.15, 0.2) is 0 Å². The van der Waals surface area contributed by atoms with E-state index in [0.29, 0.717) is 5.92 Å². The average Bonchev–Trinajstić information content (AvgIpc) is 2.37. The van der Waals surface area contributed by atoms with Crippen LogP contribution in [0.3, 0.4) is 0 Å². The summed E-state index contributed by atoms with van der Waals surface area (Å²) in [6.45, 7) is 0. The second-order valence-corrected chi connectivity index (χ2v) is 5.01. The standard InChI is InChI=1S/C10H14O2/c11-9(12)10-4-6-1-7(5-10)3-8(10)2-6/h6-8H,1-5H2,(H,11,12)/t6-,7+,8?,10?. The smallest absolute Gasteiger partial charge is 0.309 e. The molecule has 2 nitrogen and oxygen atoms in total. The molecule has 4 aliphatic rings. The van der Waals surface area contributed by atoms with Crippen LogP contribution in [0.2, 0.25) is 0 Å². The van der Waals surface area contributed by atoms with Gasteiger partial charge in [0.1, 0.15) is 0 Å². The topological polar surface area (TPSA) is 37.3 Å². The van der Waals surface area contributed by atoms with Crippen molar-refractivity contribution in [3.05, 3.63) is 0 Å². The number of hydrogen-bond donors (Lipinski definition) is 1. The number of aliphatic carboxylic acids is 1. The summed E-state index contributed by atoms with van der Waals surface area (Å²) in [5.74, 6) is 1.56. The van der Waals surface area contributed by atoms with E-state index in [1.165, 1.54) is 19.3 Å². The van der Waals surface area contributed by atoms with Crippen molar-refractivity contribution in [2.24, 2.45) is 23.2 Å². The Kier molecular flexibility index (Phi) is 1.07. The Labute approximate surface area is 72.0 Å². The third kappa shape index (κ3) is 0.606. The minimum absolute atomic E-state index is 0.256. The van der Waals surface area contributed by atoms with Gasteiger partial charge >= 0.3 is 5.97 Å². The average molecular weight is 166 g/mol. The van der Waals surface area contributed by atoms with E-state index in [-0.39, 0.29) is 5.41 Å². The van der Waals surface area contributed by atoms with Gasteiger partial charge in [0.05, 0.1) is 5.41 Å². The molecule has 0 heterocycles. The number of carboxylic acid groups (broad SMARTS) is 1. The minimum atomic E-state index is -0.503. The number of rotatable bonds is 1. The molecule has 4 aliphatic carbocycles. The zero-order chi connectivity index (χ0) is 8.34. The van der Waals surface area contributed by atoms with Crippen molar-refractivity contribution >= 4 is 5.97 Å². The molecule has 4 bridgehead atoms. The molecule has 2 heteroatoms. The molecule has 4 fully saturated rings. The zero-order valence-electron chi connectivity index (χ0n) is 7.12. The zero-order valence-corrected chi connectivity index (χ0v) is 7.12. The molecule has 4 atom stereocenters. The Morgan fingerprint density at radius 3 is 2.17 bits per heavy atom. The van der Waals surface area contributed by atoms with Gasteiger partial charge in [0, 0.05) is 0 Å². The van der Waals surface area contributed by atoms with Crippen LogP contribution in [0.1, 0.15) is 32.1 Å². The Morgan fingerprint density at radius 2 is 1.75 bits per heavy atom. The van der Waals surface area contributed by atoms with E-state index >= 15 is 0 Å². The molecule has 12 heavy (non-hydrogen) atoms. The van der Waals surface area contributed by atoms with E-state index in [1.807, 2.05) is 0 Å². The summed E-state index contributed by atoms with van der Waals surface area (Å²) in [5, 5.41) is 9.21. The van der Waals surface area contributed by atoms with Crippen LogP contribution in [0.5, 0.6) is 0 Å². The van der Waals surface area contributed by atoms with Gasteiger partial charge in [-0.05, 0) is 49.9 Å². The fourth-order valence-corrected chi connectivity index (χ4v) is 4.15. The van der Waals surface area contributed by atoms with Crippen LogP contribution in [0, 0.1) is 23.2 Å². The maximum Gasteiger partial charge on any atom is 0.309 e. The van der Waals surface area contributed by atoms with Crippen LogP contribution >= 0.6 is 0 Å². The second kappa shape index (κ2) is 1.86. The summed E-state index contributed by atoms with van der Waals surface area (Å²) >= 11 is 0. The first-order valence-corrected chi connectivity index (χ1v) is 4.94. The Bertz CT molecular complexity index is 232. The summed E-state index contributed by atoms with van der Waals surface area (Å²) < 4.78 is 0. The van der Waals surface area contributed by atoms with Gasteiger partial charge in [-0.2, -0.15) is 0 Å². The van der Waals surface area contributed by atoms with Gasteiger partial charge in [-0.25, -0.2) is 0 Å². The van der Waals surface area contributed by atoms with Gasteiger partial charge in [-0.3, -0.25) is 4.79 Å². The molecule has 0 amide bonds. The largest absolute Gasteiger partial charge is 0.481 e. The molecule has 4 saturated carbocycles. The molecular weight excluding hydrogens is 152 g/mol. The molecule has 0 aromatic carbocycles. The lowest BCUT2D eigenvalue weighted by molar-refractivity contribution is -0.150. The van der Waals surface area contributed by atoms with Gasteiger partial charge < -0.3 is 5.11 Å². The van der Waals surface area contributed by atoms with Gasteiger partial charge in [0.2, 0.25) is 0 Å². The third-order valence-corrected chi connectivity index (χ3v) is 4.42. The lowest BCUT2D eigenvalue weighted by atomic mass is 9.76. The molecule has 66 valence electrons. The lowest BCUT2D eigenvalue weighted by Gasteiger charge is -2.28. The first-order chi connectivity index (χ1) is 5.71. The minimum Gasteiger partial charge on any atom is -0.481 e. The number of carboxylic acids is 1. The van der Waals surface area contributed by atoms with Gasteiger partial charge in [0.25, 0.3) is 0 Å². The third-order valence-electron chi connectivity index (χ3n) is 4.42. The van der Waals surface area contributed by atoms with Crippen LogP contribution in [-0.2, 0) is 4.79 Å². The summed E-state index contributed by atoms with van der Waals surface area (Å²) in [4.78, 5) is 11.2. The van der Waals surface area contributed by atoms with Crippen LogP contribution < -0.4 is 0 Å². The summed E-state index contributed by atoms with van der Waals surface area (Å²) in [5.41, 5.74) is -0.256. The first kappa shape index (κ1) is 6.93. The highest BCUT2D eigenvalue weighted by Gasteiger charge is 2.61. The summed E-state index contributed by atoms with van der Waals surface area (Å²) in [6.07, 6.45) is 5.73. The Morgan fingerprint density at radius 1 is 1.17 bits per heavy atom. The SMILES string of the molecule is O=C(O)C12C[C@@H]3CC1C[C@@H](C3)C2. The number of carbonyl (C=O) groups is 1. The van der Waals surface area contributed by atoms with Crippen LogP contribution in [0.15, 0.2) is 0 Å². The second-order valence-electron chi connectivity index (χ2n) is 5.01. The molecule has 0 aliphatic heterocycles. The summed E-state index contributed by atoms with van der Waals surface area (Å²) in [7, 11) is 0. The Hall–Kier alpha value is -0.530. The predicted octanol–water partition coefficient (Wildman–Crippen LogP) is 1.90. The fourth-order valence-electron chi connectivity index (χ4n) is 4.15. The van der Waals surface area contributed by atoms with Crippen LogP contribution in [0.4, 0.5) is 0 Å². The highest BCUT2D eigenvalue weighted by molar-refractivity contribution is 5.76. The van der Waals surface area contributed by atoms with Crippen molar-refractivity contribution in [3.63, 3.8) is 0 Å². The molecule has 0 aromatic rings. The molecule has 1 N–H and O–H groups in total. The maximum atomic E-state index is 11.2. The van der Waals surface area contributed by atoms with Gasteiger partial charge in [-0.1, -0.05) is 0 Å². The van der Waals surface area contributed by atoms with E-state index < -0.39 is 5.97 Å². The van der Waals surface area contributed by atoms with Crippen molar-refractivity contribution < 1.29 is 9.90 Å². The maximum absolute atomic E-state index is 11.2. The number of hydrogen-bond acceptors (Lipinski definition) is 1. The molecule has 0 aromatic heterocycles. The lowest BCUT2D eigenvalue weighted by Crippen LogP contribution is -2.32. The van der Waals surface area contributed by atoms with E-state index in [4.69, 9.17) is 0 Å². The highest BCUT2D eigenvalue weighted by atomic mass is 16.4. The monoisotopic (exact) mass is 166 g/mol. The molecule has 0 saturated heterocycles. The van der Waals surface area contributed by atoms with Crippen LogP contribution in [0.25, 0.3) is 0 Å². The van der Waals surface area contributed by atoms with Crippen molar-refractivity contribution in [1.82, 2.24) is 0 Å². The van der Waals surface area contributed by atoms with Gasteiger partial charge in [-0.15, -0.1) is 0 Å². The molecular formula is C10H14O2. The van der Waals surface area contributed by atoms with Crippen LogP contribution in [-0.4, -0.2) is 11.1 Å². The van der Waals surface area contributed by atoms with E-state index in [1.54, 1.807) is 0 Å². The quantitative estimate of drug-likeness (QED) is 0.646. The summed E-state index contributed by atoms with van der Waals surface area (Å²) in [6, 6.07) is 0. The van der Waals surface area contributed by atoms with Crippen molar-refractivity contribution in [3.8, 4) is 0 Å². The van der Waals surface area contributed by atoms with E-state index in [0.717, 1.165) is 24.7 Å². The predicted molar refractivity (Wildman–Crippen MR) is 43.6 cm³/mol. The fraction of sp³-hybridized carbons (Fsp3) is 0.900.